The summed E-state index contributed by atoms with van der Waals surface area (Å²) in [6.07, 6.45) is -3.87. The lowest BCUT2D eigenvalue weighted by atomic mass is 10.0. The first-order chi connectivity index (χ1) is 11.5. The zero-order chi connectivity index (χ0) is 18.8. The van der Waals surface area contributed by atoms with Gasteiger partial charge < -0.3 is 4.90 Å². The zero-order valence-electron chi connectivity index (χ0n) is 14.2. The van der Waals surface area contributed by atoms with Crippen molar-refractivity contribution in [2.45, 2.75) is 38.9 Å². The van der Waals surface area contributed by atoms with E-state index in [0.29, 0.717) is 18.5 Å². The van der Waals surface area contributed by atoms with Gasteiger partial charge in [0.2, 0.25) is 5.91 Å². The molecule has 0 aromatic heterocycles. The number of benzene rings is 1. The molecule has 0 radical (unpaired) electrons. The van der Waals surface area contributed by atoms with Gasteiger partial charge in [-0.05, 0) is 43.9 Å². The maximum atomic E-state index is 12.9. The summed E-state index contributed by atoms with van der Waals surface area (Å²) in [6, 6.07) is 4.43. The molecule has 0 N–H and O–H groups in total. The summed E-state index contributed by atoms with van der Waals surface area (Å²) in [4.78, 5) is 14.0. The van der Waals surface area contributed by atoms with Gasteiger partial charge in [-0.1, -0.05) is 12.1 Å². The fourth-order valence-electron chi connectivity index (χ4n) is 3.22. The molecule has 0 saturated carbocycles. The third-order valence-electron chi connectivity index (χ3n) is 4.61. The van der Waals surface area contributed by atoms with E-state index >= 15 is 0 Å². The van der Waals surface area contributed by atoms with Crippen LogP contribution in [0.2, 0.25) is 0 Å². The van der Waals surface area contributed by atoms with E-state index in [1.165, 1.54) is 11.0 Å². The van der Waals surface area contributed by atoms with E-state index in [4.69, 9.17) is 0 Å². The van der Waals surface area contributed by atoms with Gasteiger partial charge in [0.05, 0.1) is 23.1 Å². The van der Waals surface area contributed by atoms with Crippen molar-refractivity contribution in [2.75, 3.05) is 18.1 Å². The number of carbonyl (C=O) groups excluding carboxylic acids is 1. The van der Waals surface area contributed by atoms with Crippen molar-refractivity contribution < 1.29 is 26.4 Å². The molecule has 2 atom stereocenters. The van der Waals surface area contributed by atoms with Crippen LogP contribution in [0.3, 0.4) is 0 Å². The number of sulfone groups is 1. The second-order valence-corrected chi connectivity index (χ2v) is 8.68. The molecule has 1 heterocycles. The van der Waals surface area contributed by atoms with Gasteiger partial charge in [0, 0.05) is 13.0 Å². The summed E-state index contributed by atoms with van der Waals surface area (Å²) >= 11 is 0. The van der Waals surface area contributed by atoms with Gasteiger partial charge in [0.25, 0.3) is 0 Å². The number of rotatable bonds is 5. The quantitative estimate of drug-likeness (QED) is 0.790. The fraction of sp³-hybridized carbons (Fsp3) is 0.588. The summed E-state index contributed by atoms with van der Waals surface area (Å²) in [5.74, 6) is -0.330. The van der Waals surface area contributed by atoms with Gasteiger partial charge in [0.15, 0.2) is 9.84 Å². The van der Waals surface area contributed by atoms with E-state index < -0.39 is 27.6 Å². The highest BCUT2D eigenvalue weighted by Gasteiger charge is 2.33. The molecule has 0 aliphatic carbocycles. The van der Waals surface area contributed by atoms with Crippen LogP contribution in [0.1, 0.15) is 43.9 Å². The largest absolute Gasteiger partial charge is 0.416 e. The maximum absolute atomic E-state index is 12.9. The number of hydrogen-bond acceptors (Lipinski definition) is 3. The Kier molecular flexibility index (Phi) is 5.81. The Morgan fingerprint density at radius 2 is 2.04 bits per heavy atom. The smallest absolute Gasteiger partial charge is 0.336 e. The molecular weight excluding hydrogens is 355 g/mol. The second kappa shape index (κ2) is 7.35. The number of halogens is 3. The first kappa shape index (κ1) is 19.8. The van der Waals surface area contributed by atoms with Crippen LogP contribution >= 0.6 is 0 Å². The highest BCUT2D eigenvalue weighted by atomic mass is 32.2. The summed E-state index contributed by atoms with van der Waals surface area (Å²) in [5.41, 5.74) is -0.341. The molecule has 1 aliphatic rings. The van der Waals surface area contributed by atoms with Gasteiger partial charge in [-0.2, -0.15) is 13.2 Å². The number of alkyl halides is 3. The Balaban J connectivity index is 2.13. The van der Waals surface area contributed by atoms with Crippen LogP contribution in [0.25, 0.3) is 0 Å². The molecule has 1 fully saturated rings. The SMILES string of the molecule is CCN(C(=O)CC1CCS(=O)(=O)C1)C(C)c1cccc(C(F)(F)F)c1. The number of amides is 1. The standard InChI is InChI=1S/C17H22F3NO3S/c1-3-21(16(22)9-13-7-8-25(23,24)11-13)12(2)14-5-4-6-15(10-14)17(18,19)20/h4-6,10,12-13H,3,7-9,11H2,1-2H3. The molecule has 1 amide bonds. The molecule has 1 saturated heterocycles. The number of nitrogens with zero attached hydrogens (tertiary/aromatic N) is 1. The van der Waals surface area contributed by atoms with E-state index in [2.05, 4.69) is 0 Å². The van der Waals surface area contributed by atoms with Crippen LogP contribution in [0.15, 0.2) is 24.3 Å². The highest BCUT2D eigenvalue weighted by Crippen LogP contribution is 2.32. The average Bonchev–Trinajstić information content (AvgIpc) is 2.86. The van der Waals surface area contributed by atoms with Crippen LogP contribution in [0.4, 0.5) is 13.2 Å². The molecule has 0 spiro atoms. The summed E-state index contributed by atoms with van der Waals surface area (Å²) in [6.45, 7) is 3.78. The Bertz CT molecular complexity index is 731. The predicted octanol–water partition coefficient (Wildman–Crippen LogP) is 3.44. The van der Waals surface area contributed by atoms with Crippen LogP contribution < -0.4 is 0 Å². The monoisotopic (exact) mass is 377 g/mol. The van der Waals surface area contributed by atoms with Crippen LogP contribution in [-0.4, -0.2) is 37.3 Å². The van der Waals surface area contributed by atoms with Crippen LogP contribution in [-0.2, 0) is 20.8 Å². The molecule has 1 aromatic rings. The predicted molar refractivity (Wildman–Crippen MR) is 88.6 cm³/mol. The van der Waals surface area contributed by atoms with Gasteiger partial charge in [0.1, 0.15) is 0 Å². The van der Waals surface area contributed by atoms with Gasteiger partial charge in [-0.3, -0.25) is 4.79 Å². The molecule has 2 unspecified atom stereocenters. The summed E-state index contributed by atoms with van der Waals surface area (Å²) < 4.78 is 61.7. The second-order valence-electron chi connectivity index (χ2n) is 6.45. The molecule has 8 heteroatoms. The fourth-order valence-corrected chi connectivity index (χ4v) is 5.08. The van der Waals surface area contributed by atoms with Gasteiger partial charge in [-0.25, -0.2) is 8.42 Å². The lowest BCUT2D eigenvalue weighted by molar-refractivity contribution is -0.137. The van der Waals surface area contributed by atoms with Crippen molar-refractivity contribution in [3.05, 3.63) is 35.4 Å². The number of carbonyl (C=O) groups is 1. The van der Waals surface area contributed by atoms with Crippen molar-refractivity contribution in [1.29, 1.82) is 0 Å². The average molecular weight is 377 g/mol. The zero-order valence-corrected chi connectivity index (χ0v) is 15.0. The molecule has 1 aromatic carbocycles. The van der Waals surface area contributed by atoms with Crippen LogP contribution in [0.5, 0.6) is 0 Å². The topological polar surface area (TPSA) is 54.5 Å². The van der Waals surface area contributed by atoms with Crippen molar-refractivity contribution in [3.8, 4) is 0 Å². The Hall–Kier alpha value is -1.57. The highest BCUT2D eigenvalue weighted by molar-refractivity contribution is 7.91. The Morgan fingerprint density at radius 3 is 2.56 bits per heavy atom. The number of hydrogen-bond donors (Lipinski definition) is 0. The molecular formula is C17H22F3NO3S. The first-order valence-corrected chi connectivity index (χ1v) is 10.0. The van der Waals surface area contributed by atoms with E-state index in [9.17, 15) is 26.4 Å². The minimum Gasteiger partial charge on any atom is -0.336 e. The van der Waals surface area contributed by atoms with E-state index in [-0.39, 0.29) is 29.8 Å². The van der Waals surface area contributed by atoms with E-state index in [1.54, 1.807) is 19.9 Å². The molecule has 4 nitrogen and oxygen atoms in total. The molecule has 25 heavy (non-hydrogen) atoms. The Labute approximate surface area is 145 Å². The lowest BCUT2D eigenvalue weighted by Crippen LogP contribution is -2.34. The minimum atomic E-state index is -4.44. The summed E-state index contributed by atoms with van der Waals surface area (Å²) in [5, 5.41) is 0. The van der Waals surface area contributed by atoms with Gasteiger partial charge in [-0.15, -0.1) is 0 Å². The minimum absolute atomic E-state index is 0.00817. The van der Waals surface area contributed by atoms with Crippen molar-refractivity contribution in [1.82, 2.24) is 4.90 Å². The van der Waals surface area contributed by atoms with Crippen LogP contribution in [0, 0.1) is 5.92 Å². The van der Waals surface area contributed by atoms with E-state index in [0.717, 1.165) is 12.1 Å². The molecule has 2 rings (SSSR count). The summed E-state index contributed by atoms with van der Waals surface area (Å²) in [7, 11) is -3.06. The molecule has 1 aliphatic heterocycles. The van der Waals surface area contributed by atoms with Crippen molar-refractivity contribution in [2.24, 2.45) is 5.92 Å². The normalized spacial score (nSPS) is 21.1. The van der Waals surface area contributed by atoms with Crippen molar-refractivity contribution >= 4 is 15.7 Å². The molecule has 140 valence electrons. The Morgan fingerprint density at radius 1 is 1.36 bits per heavy atom. The third-order valence-corrected chi connectivity index (χ3v) is 6.45. The maximum Gasteiger partial charge on any atom is 0.416 e. The van der Waals surface area contributed by atoms with Gasteiger partial charge >= 0.3 is 6.18 Å². The van der Waals surface area contributed by atoms with E-state index in [1.807, 2.05) is 0 Å². The third kappa shape index (κ3) is 4.96. The lowest BCUT2D eigenvalue weighted by Gasteiger charge is -2.29. The molecule has 0 bridgehead atoms. The first-order valence-electron chi connectivity index (χ1n) is 8.20. The van der Waals surface area contributed by atoms with Crippen molar-refractivity contribution in [3.63, 3.8) is 0 Å².